The van der Waals surface area contributed by atoms with E-state index in [0.29, 0.717) is 11.9 Å². The summed E-state index contributed by atoms with van der Waals surface area (Å²) in [5, 5.41) is 3.36. The molecule has 1 amide bonds. The van der Waals surface area contributed by atoms with Crippen molar-refractivity contribution in [2.75, 3.05) is 0 Å². The van der Waals surface area contributed by atoms with Gasteiger partial charge in [0, 0.05) is 13.0 Å². The number of carbonyl (C=O) groups excluding carboxylic acids is 1. The highest BCUT2D eigenvalue weighted by Gasteiger charge is 2.16. The van der Waals surface area contributed by atoms with Gasteiger partial charge >= 0.3 is 6.09 Å². The van der Waals surface area contributed by atoms with E-state index in [1.807, 2.05) is 69.3 Å². The Morgan fingerprint density at radius 3 is 2.45 bits per heavy atom. The van der Waals surface area contributed by atoms with Gasteiger partial charge < -0.3 is 10.1 Å². The number of amides is 1. The molecule has 1 aromatic heterocycles. The zero-order chi connectivity index (χ0) is 22.4. The van der Waals surface area contributed by atoms with Gasteiger partial charge in [0.25, 0.3) is 5.56 Å². The Balaban J connectivity index is 1.86. The van der Waals surface area contributed by atoms with Gasteiger partial charge in [-0.15, -0.1) is 0 Å². The van der Waals surface area contributed by atoms with Crippen molar-refractivity contribution in [1.82, 2.24) is 14.9 Å². The summed E-state index contributed by atoms with van der Waals surface area (Å²) in [4.78, 5) is 29.9. The van der Waals surface area contributed by atoms with E-state index in [4.69, 9.17) is 9.72 Å². The minimum absolute atomic E-state index is 0.0586. The fourth-order valence-corrected chi connectivity index (χ4v) is 3.40. The first kappa shape index (κ1) is 22.5. The van der Waals surface area contributed by atoms with Crippen LogP contribution in [0.3, 0.4) is 0 Å². The number of aryl methyl sites for hydroxylation is 1. The second-order valence-corrected chi connectivity index (χ2v) is 8.66. The molecule has 0 saturated carbocycles. The van der Waals surface area contributed by atoms with Crippen LogP contribution in [0.2, 0.25) is 0 Å². The van der Waals surface area contributed by atoms with Crippen LogP contribution < -0.4 is 10.9 Å². The lowest BCUT2D eigenvalue weighted by molar-refractivity contribution is 0.0523. The lowest BCUT2D eigenvalue weighted by atomic mass is 10.1. The van der Waals surface area contributed by atoms with Gasteiger partial charge in [0.2, 0.25) is 0 Å². The van der Waals surface area contributed by atoms with E-state index in [1.165, 1.54) is 0 Å². The molecule has 0 fully saturated rings. The SMILES string of the molecule is CCCCCc1nc2ccccc2c(=O)n1-c1ccc(CNC(=O)OC(C)(C)C)cc1. The molecule has 0 radical (unpaired) electrons. The summed E-state index contributed by atoms with van der Waals surface area (Å²) < 4.78 is 6.98. The van der Waals surface area contributed by atoms with Crippen molar-refractivity contribution in [3.63, 3.8) is 0 Å². The molecular formula is C25H31N3O3. The van der Waals surface area contributed by atoms with E-state index in [-0.39, 0.29) is 5.56 Å². The fourth-order valence-electron chi connectivity index (χ4n) is 3.40. The average Bonchev–Trinajstić information content (AvgIpc) is 2.72. The Morgan fingerprint density at radius 2 is 1.77 bits per heavy atom. The number of rotatable bonds is 7. The van der Waals surface area contributed by atoms with Crippen molar-refractivity contribution in [2.45, 2.75) is 65.5 Å². The number of nitrogens with one attached hydrogen (secondary N) is 1. The Bertz CT molecular complexity index is 1100. The van der Waals surface area contributed by atoms with E-state index < -0.39 is 11.7 Å². The predicted octanol–water partition coefficient (Wildman–Crippen LogP) is 5.14. The summed E-state index contributed by atoms with van der Waals surface area (Å²) in [6, 6.07) is 15.1. The molecule has 1 N–H and O–H groups in total. The van der Waals surface area contributed by atoms with Crippen LogP contribution in [0, 0.1) is 0 Å². The maximum atomic E-state index is 13.3. The smallest absolute Gasteiger partial charge is 0.407 e. The third-order valence-electron chi connectivity index (χ3n) is 4.88. The van der Waals surface area contributed by atoms with Crippen molar-refractivity contribution in [2.24, 2.45) is 0 Å². The van der Waals surface area contributed by atoms with Gasteiger partial charge in [-0.2, -0.15) is 0 Å². The molecule has 0 aliphatic carbocycles. The van der Waals surface area contributed by atoms with Crippen molar-refractivity contribution in [1.29, 1.82) is 0 Å². The molecule has 6 nitrogen and oxygen atoms in total. The largest absolute Gasteiger partial charge is 0.444 e. The van der Waals surface area contributed by atoms with Crippen LogP contribution >= 0.6 is 0 Å². The van der Waals surface area contributed by atoms with E-state index in [9.17, 15) is 9.59 Å². The van der Waals surface area contributed by atoms with Gasteiger partial charge in [0.15, 0.2) is 0 Å². The molecule has 0 aliphatic heterocycles. The van der Waals surface area contributed by atoms with Crippen LogP contribution in [-0.2, 0) is 17.7 Å². The van der Waals surface area contributed by atoms with Crippen molar-refractivity contribution >= 4 is 17.0 Å². The molecule has 0 atom stereocenters. The summed E-state index contributed by atoms with van der Waals surface area (Å²) >= 11 is 0. The lowest BCUT2D eigenvalue weighted by Crippen LogP contribution is -2.32. The molecule has 31 heavy (non-hydrogen) atoms. The summed E-state index contributed by atoms with van der Waals surface area (Å²) in [5.74, 6) is 0.775. The van der Waals surface area contributed by atoms with Gasteiger partial charge in [-0.05, 0) is 57.0 Å². The zero-order valence-electron chi connectivity index (χ0n) is 18.8. The van der Waals surface area contributed by atoms with Gasteiger partial charge in [-0.25, -0.2) is 9.78 Å². The monoisotopic (exact) mass is 421 g/mol. The van der Waals surface area contributed by atoms with Crippen LogP contribution in [0.4, 0.5) is 4.79 Å². The Kier molecular flexibility index (Phi) is 7.10. The molecule has 0 bridgehead atoms. The first-order valence-electron chi connectivity index (χ1n) is 10.9. The molecule has 0 spiro atoms. The van der Waals surface area contributed by atoms with Gasteiger partial charge in [-0.3, -0.25) is 9.36 Å². The minimum atomic E-state index is -0.535. The van der Waals surface area contributed by atoms with E-state index in [2.05, 4.69) is 12.2 Å². The number of benzene rings is 2. The maximum Gasteiger partial charge on any atom is 0.407 e. The number of ether oxygens (including phenoxy) is 1. The van der Waals surface area contributed by atoms with E-state index >= 15 is 0 Å². The minimum Gasteiger partial charge on any atom is -0.444 e. The van der Waals surface area contributed by atoms with Gasteiger partial charge in [0.05, 0.1) is 16.6 Å². The van der Waals surface area contributed by atoms with Crippen molar-refractivity contribution in [3.8, 4) is 5.69 Å². The van der Waals surface area contributed by atoms with Gasteiger partial charge in [0.1, 0.15) is 11.4 Å². The molecular weight excluding hydrogens is 390 g/mol. The molecule has 3 aromatic rings. The number of unbranched alkanes of at least 4 members (excludes halogenated alkanes) is 2. The highest BCUT2D eigenvalue weighted by molar-refractivity contribution is 5.77. The maximum absolute atomic E-state index is 13.3. The Labute approximate surface area is 183 Å². The van der Waals surface area contributed by atoms with Crippen LogP contribution in [0.1, 0.15) is 58.3 Å². The Hall–Kier alpha value is -3.15. The highest BCUT2D eigenvalue weighted by atomic mass is 16.6. The van der Waals surface area contributed by atoms with Crippen molar-refractivity contribution < 1.29 is 9.53 Å². The third-order valence-corrected chi connectivity index (χ3v) is 4.88. The highest BCUT2D eigenvalue weighted by Crippen LogP contribution is 2.16. The molecule has 0 aliphatic rings. The topological polar surface area (TPSA) is 73.2 Å². The second-order valence-electron chi connectivity index (χ2n) is 8.66. The molecule has 2 aromatic carbocycles. The van der Waals surface area contributed by atoms with Crippen molar-refractivity contribution in [3.05, 3.63) is 70.3 Å². The number of hydrogen-bond acceptors (Lipinski definition) is 4. The van der Waals surface area contributed by atoms with Crippen LogP contribution in [0.15, 0.2) is 53.3 Å². The molecule has 3 rings (SSSR count). The summed E-state index contributed by atoms with van der Waals surface area (Å²) in [7, 11) is 0. The normalized spacial score (nSPS) is 11.5. The first-order chi connectivity index (χ1) is 14.8. The standard InChI is InChI=1S/C25H31N3O3/c1-5-6-7-12-22-27-21-11-9-8-10-20(21)23(29)28(22)19-15-13-18(14-16-19)17-26-24(30)31-25(2,3)4/h8-11,13-16H,5-7,12,17H2,1-4H3,(H,26,30). The number of para-hydroxylation sites is 1. The summed E-state index contributed by atoms with van der Waals surface area (Å²) in [5.41, 5.74) is 1.83. The lowest BCUT2D eigenvalue weighted by Gasteiger charge is -2.19. The molecule has 0 saturated heterocycles. The number of carbonyl (C=O) groups is 1. The molecule has 164 valence electrons. The fraction of sp³-hybridized carbons (Fsp3) is 0.400. The molecule has 1 heterocycles. The second kappa shape index (κ2) is 9.77. The number of aromatic nitrogens is 2. The summed E-state index contributed by atoms with van der Waals surface area (Å²) in [6.45, 7) is 7.99. The molecule has 6 heteroatoms. The van der Waals surface area contributed by atoms with E-state index in [1.54, 1.807) is 4.57 Å². The number of hydrogen-bond donors (Lipinski definition) is 1. The third kappa shape index (κ3) is 5.94. The number of alkyl carbamates (subject to hydrolysis) is 1. The van der Waals surface area contributed by atoms with Crippen LogP contribution in [0.5, 0.6) is 0 Å². The number of nitrogens with zero attached hydrogens (tertiary/aromatic N) is 2. The summed E-state index contributed by atoms with van der Waals surface area (Å²) in [6.07, 6.45) is 3.48. The molecule has 0 unspecified atom stereocenters. The number of fused-ring (bicyclic) bond motifs is 1. The van der Waals surface area contributed by atoms with Crippen LogP contribution in [-0.4, -0.2) is 21.2 Å². The first-order valence-corrected chi connectivity index (χ1v) is 10.9. The van der Waals surface area contributed by atoms with Crippen LogP contribution in [0.25, 0.3) is 16.6 Å². The zero-order valence-corrected chi connectivity index (χ0v) is 18.8. The van der Waals surface area contributed by atoms with E-state index in [0.717, 1.165) is 48.3 Å². The average molecular weight is 422 g/mol. The Morgan fingerprint density at radius 1 is 1.06 bits per heavy atom. The van der Waals surface area contributed by atoms with Gasteiger partial charge in [-0.1, -0.05) is 44.0 Å². The predicted molar refractivity (Wildman–Crippen MR) is 124 cm³/mol. The quantitative estimate of drug-likeness (QED) is 0.536.